The molecule has 2 aliphatic heterocycles. The molecule has 2 atom stereocenters. The van der Waals surface area contributed by atoms with Crippen LogP contribution in [0.2, 0.25) is 0 Å². The summed E-state index contributed by atoms with van der Waals surface area (Å²) in [6.45, 7) is 8.43. The molecule has 0 amide bonds. The molecule has 2 fully saturated rings. The molecular weight excluding hydrogens is 212 g/mol. The first-order valence-corrected chi connectivity index (χ1v) is 7.44. The number of aliphatic hydroxyl groups is 1. The molecule has 0 spiro atoms. The summed E-state index contributed by atoms with van der Waals surface area (Å²) >= 11 is 0. The monoisotopic (exact) mass is 240 g/mol. The van der Waals surface area contributed by atoms with Gasteiger partial charge in [-0.1, -0.05) is 6.92 Å². The van der Waals surface area contributed by atoms with Crippen LogP contribution in [0.25, 0.3) is 0 Å². The Bertz CT molecular complexity index is 216. The highest BCUT2D eigenvalue weighted by Crippen LogP contribution is 2.20. The van der Waals surface area contributed by atoms with E-state index >= 15 is 0 Å². The Kier molecular flexibility index (Phi) is 5.26. The Morgan fingerprint density at radius 2 is 2.00 bits per heavy atom. The third-order valence-corrected chi connectivity index (χ3v) is 4.39. The van der Waals surface area contributed by atoms with Crippen LogP contribution in [-0.4, -0.2) is 59.8 Å². The van der Waals surface area contributed by atoms with Crippen molar-refractivity contribution in [3.05, 3.63) is 0 Å². The maximum absolute atomic E-state index is 9.53. The van der Waals surface area contributed by atoms with Crippen molar-refractivity contribution < 1.29 is 5.11 Å². The topological polar surface area (TPSA) is 26.7 Å². The summed E-state index contributed by atoms with van der Waals surface area (Å²) in [6, 6.07) is 0.827. The number of aliphatic hydroxyl groups excluding tert-OH is 1. The smallest absolute Gasteiger partial charge is 0.0538 e. The third-order valence-electron chi connectivity index (χ3n) is 4.39. The van der Waals surface area contributed by atoms with Gasteiger partial charge in [-0.15, -0.1) is 0 Å². The van der Waals surface area contributed by atoms with E-state index in [1.165, 1.54) is 52.0 Å². The fourth-order valence-corrected chi connectivity index (χ4v) is 3.17. The van der Waals surface area contributed by atoms with E-state index in [4.69, 9.17) is 0 Å². The van der Waals surface area contributed by atoms with Gasteiger partial charge in [0.15, 0.2) is 0 Å². The molecule has 17 heavy (non-hydrogen) atoms. The van der Waals surface area contributed by atoms with Crippen molar-refractivity contribution in [3.8, 4) is 0 Å². The molecule has 0 aliphatic carbocycles. The first-order valence-electron chi connectivity index (χ1n) is 7.44. The molecular formula is C14H28N2O. The number of hydrogen-bond donors (Lipinski definition) is 1. The van der Waals surface area contributed by atoms with Gasteiger partial charge in [0.05, 0.1) is 6.10 Å². The second-order valence-corrected chi connectivity index (χ2v) is 5.69. The maximum atomic E-state index is 9.53. The van der Waals surface area contributed by atoms with Crippen molar-refractivity contribution in [1.29, 1.82) is 0 Å². The minimum absolute atomic E-state index is 0.0769. The average molecular weight is 240 g/mol. The predicted octanol–water partition coefficient (Wildman–Crippen LogP) is 1.71. The lowest BCUT2D eigenvalue weighted by Gasteiger charge is -2.23. The Morgan fingerprint density at radius 3 is 2.71 bits per heavy atom. The molecule has 2 rings (SSSR count). The van der Waals surface area contributed by atoms with E-state index in [2.05, 4.69) is 16.7 Å². The number of likely N-dealkylation sites (tertiary alicyclic amines) is 2. The van der Waals surface area contributed by atoms with Gasteiger partial charge in [-0.2, -0.15) is 0 Å². The van der Waals surface area contributed by atoms with Crippen LogP contribution in [0.1, 0.15) is 45.4 Å². The molecule has 0 radical (unpaired) electrons. The Labute approximate surface area is 106 Å². The van der Waals surface area contributed by atoms with Gasteiger partial charge in [0.25, 0.3) is 0 Å². The lowest BCUT2D eigenvalue weighted by Crippen LogP contribution is -2.35. The summed E-state index contributed by atoms with van der Waals surface area (Å²) in [4.78, 5) is 5.27. The summed E-state index contributed by atoms with van der Waals surface area (Å²) in [5.41, 5.74) is 0. The van der Waals surface area contributed by atoms with Gasteiger partial charge < -0.3 is 10.0 Å². The second-order valence-electron chi connectivity index (χ2n) is 5.69. The largest absolute Gasteiger partial charge is 0.393 e. The maximum Gasteiger partial charge on any atom is 0.0538 e. The van der Waals surface area contributed by atoms with E-state index < -0.39 is 0 Å². The van der Waals surface area contributed by atoms with Crippen molar-refractivity contribution in [3.63, 3.8) is 0 Å². The quantitative estimate of drug-likeness (QED) is 0.765. The molecule has 3 heteroatoms. The van der Waals surface area contributed by atoms with Crippen LogP contribution >= 0.6 is 0 Å². The fraction of sp³-hybridized carbons (Fsp3) is 1.00. The first-order chi connectivity index (χ1) is 8.29. The first kappa shape index (κ1) is 13.3. The van der Waals surface area contributed by atoms with E-state index in [0.717, 1.165) is 25.3 Å². The molecule has 0 saturated carbocycles. The minimum atomic E-state index is -0.0769. The summed E-state index contributed by atoms with van der Waals surface area (Å²) in [5.74, 6) is 0. The van der Waals surface area contributed by atoms with Crippen LogP contribution < -0.4 is 0 Å². The van der Waals surface area contributed by atoms with Crippen molar-refractivity contribution in [2.75, 3.05) is 32.7 Å². The van der Waals surface area contributed by atoms with Crippen molar-refractivity contribution in [2.45, 2.75) is 57.6 Å². The van der Waals surface area contributed by atoms with Crippen LogP contribution in [0.4, 0.5) is 0 Å². The van der Waals surface area contributed by atoms with E-state index in [1.807, 2.05) is 0 Å². The van der Waals surface area contributed by atoms with Gasteiger partial charge >= 0.3 is 0 Å². The lowest BCUT2D eigenvalue weighted by molar-refractivity contribution is 0.150. The van der Waals surface area contributed by atoms with Crippen LogP contribution in [0, 0.1) is 0 Å². The van der Waals surface area contributed by atoms with Crippen LogP contribution in [0.15, 0.2) is 0 Å². The third kappa shape index (κ3) is 3.94. The lowest BCUT2D eigenvalue weighted by atomic mass is 10.1. The zero-order valence-corrected chi connectivity index (χ0v) is 11.3. The highest BCUT2D eigenvalue weighted by atomic mass is 16.3. The SMILES string of the molecule is CCC(O)CCCN1CCC(N2CCCC2)C1. The zero-order valence-electron chi connectivity index (χ0n) is 11.3. The number of hydrogen-bond acceptors (Lipinski definition) is 3. The van der Waals surface area contributed by atoms with Gasteiger partial charge in [-0.25, -0.2) is 0 Å². The van der Waals surface area contributed by atoms with Gasteiger partial charge in [0.1, 0.15) is 0 Å². The van der Waals surface area contributed by atoms with E-state index in [1.54, 1.807) is 0 Å². The molecule has 0 aromatic carbocycles. The standard InChI is InChI=1S/C14H28N2O/c1-2-14(17)6-5-8-15-11-7-13(12-15)16-9-3-4-10-16/h13-14,17H,2-12H2,1H3. The van der Waals surface area contributed by atoms with Gasteiger partial charge in [0.2, 0.25) is 0 Å². The predicted molar refractivity (Wildman–Crippen MR) is 71.2 cm³/mol. The van der Waals surface area contributed by atoms with E-state index in [0.29, 0.717) is 0 Å². The molecule has 1 N–H and O–H groups in total. The average Bonchev–Trinajstić information content (AvgIpc) is 2.98. The summed E-state index contributed by atoms with van der Waals surface area (Å²) in [5, 5.41) is 9.53. The molecule has 100 valence electrons. The van der Waals surface area contributed by atoms with Gasteiger partial charge in [-0.3, -0.25) is 4.90 Å². The van der Waals surface area contributed by atoms with Gasteiger partial charge in [0, 0.05) is 12.6 Å². The summed E-state index contributed by atoms with van der Waals surface area (Å²) < 4.78 is 0. The van der Waals surface area contributed by atoms with Crippen LogP contribution in [-0.2, 0) is 0 Å². The molecule has 2 unspecified atom stereocenters. The number of rotatable bonds is 6. The van der Waals surface area contributed by atoms with Crippen LogP contribution in [0.3, 0.4) is 0 Å². The Morgan fingerprint density at radius 1 is 1.24 bits per heavy atom. The van der Waals surface area contributed by atoms with Crippen LogP contribution in [0.5, 0.6) is 0 Å². The van der Waals surface area contributed by atoms with Crippen molar-refractivity contribution >= 4 is 0 Å². The molecule has 3 nitrogen and oxygen atoms in total. The molecule has 0 bridgehead atoms. The van der Waals surface area contributed by atoms with Gasteiger partial charge in [-0.05, 0) is 64.7 Å². The highest BCUT2D eigenvalue weighted by Gasteiger charge is 2.28. The zero-order chi connectivity index (χ0) is 12.1. The molecule has 0 aromatic heterocycles. The van der Waals surface area contributed by atoms with Crippen molar-refractivity contribution in [2.24, 2.45) is 0 Å². The molecule has 2 heterocycles. The Hall–Kier alpha value is -0.120. The highest BCUT2D eigenvalue weighted by molar-refractivity contribution is 4.85. The summed E-state index contributed by atoms with van der Waals surface area (Å²) in [6.07, 6.45) is 7.11. The summed E-state index contributed by atoms with van der Waals surface area (Å²) in [7, 11) is 0. The second kappa shape index (κ2) is 6.72. The minimum Gasteiger partial charge on any atom is -0.393 e. The molecule has 0 aromatic rings. The van der Waals surface area contributed by atoms with E-state index in [9.17, 15) is 5.11 Å². The molecule has 2 saturated heterocycles. The molecule has 2 aliphatic rings. The normalized spacial score (nSPS) is 28.9. The van der Waals surface area contributed by atoms with E-state index in [-0.39, 0.29) is 6.10 Å². The van der Waals surface area contributed by atoms with Crippen molar-refractivity contribution in [1.82, 2.24) is 9.80 Å². The fourth-order valence-electron chi connectivity index (χ4n) is 3.17. The Balaban J connectivity index is 1.60. The number of nitrogens with zero attached hydrogens (tertiary/aromatic N) is 2.